The summed E-state index contributed by atoms with van der Waals surface area (Å²) in [7, 11) is 0. The number of carbonyl (C=O) groups is 1. The fraction of sp³-hybridized carbons (Fsp3) is 0.182. The third-order valence-corrected chi connectivity index (χ3v) is 1.67. The summed E-state index contributed by atoms with van der Waals surface area (Å²) in [6.45, 7) is 1.87. The second-order valence-electron chi connectivity index (χ2n) is 2.69. The Labute approximate surface area is 77.5 Å². The van der Waals surface area contributed by atoms with Crippen LogP contribution in [-0.4, -0.2) is 10.9 Å². The Morgan fingerprint density at radius 3 is 2.54 bits per heavy atom. The summed E-state index contributed by atoms with van der Waals surface area (Å²) in [4.78, 5) is 11.4. The minimum Gasteiger partial charge on any atom is -0.504 e. The molecule has 0 fully saturated rings. The Balaban J connectivity index is 2.86. The highest BCUT2D eigenvalue weighted by Crippen LogP contribution is 2.06. The Morgan fingerprint density at radius 2 is 2.00 bits per heavy atom. The molecule has 2 nitrogen and oxygen atoms in total. The molecule has 0 aliphatic carbocycles. The first-order valence-corrected chi connectivity index (χ1v) is 4.24. The molecule has 0 saturated carbocycles. The van der Waals surface area contributed by atoms with Crippen LogP contribution in [0, 0.1) is 0 Å². The quantitative estimate of drug-likeness (QED) is 0.436. The third kappa shape index (κ3) is 2.44. The van der Waals surface area contributed by atoms with Crippen LogP contribution in [0.25, 0.3) is 0 Å². The summed E-state index contributed by atoms with van der Waals surface area (Å²) in [5.41, 5.74) is 0.518. The van der Waals surface area contributed by atoms with E-state index in [1.165, 1.54) is 6.08 Å². The van der Waals surface area contributed by atoms with Gasteiger partial charge in [0.15, 0.2) is 5.76 Å². The predicted molar refractivity (Wildman–Crippen MR) is 51.8 cm³/mol. The molecule has 0 spiro atoms. The molecule has 0 amide bonds. The number of aliphatic hydroxyl groups is 1. The summed E-state index contributed by atoms with van der Waals surface area (Å²) in [6.07, 6.45) is 2.17. The number of allylic oxidation sites excluding steroid dienone is 2. The van der Waals surface area contributed by atoms with Gasteiger partial charge in [-0.25, -0.2) is 0 Å². The van der Waals surface area contributed by atoms with Gasteiger partial charge in [0.2, 0.25) is 5.78 Å². The van der Waals surface area contributed by atoms with E-state index < -0.39 is 0 Å². The van der Waals surface area contributed by atoms with Crippen molar-refractivity contribution in [3.05, 3.63) is 47.7 Å². The molecule has 2 heteroatoms. The smallest absolute Gasteiger partial charge is 0.226 e. The average Bonchev–Trinajstić information content (AvgIpc) is 2.18. The molecule has 0 aliphatic heterocycles. The molecule has 0 saturated heterocycles. The molecule has 0 unspecified atom stereocenters. The van der Waals surface area contributed by atoms with Crippen LogP contribution in [0.2, 0.25) is 0 Å². The van der Waals surface area contributed by atoms with Gasteiger partial charge in [-0.2, -0.15) is 0 Å². The van der Waals surface area contributed by atoms with E-state index in [-0.39, 0.29) is 11.5 Å². The first-order chi connectivity index (χ1) is 6.25. The fourth-order valence-corrected chi connectivity index (χ4v) is 1.02. The van der Waals surface area contributed by atoms with Gasteiger partial charge < -0.3 is 5.11 Å². The molecule has 0 aromatic heterocycles. The minimum atomic E-state index is -0.317. The van der Waals surface area contributed by atoms with Gasteiger partial charge in [0.05, 0.1) is 0 Å². The molecule has 13 heavy (non-hydrogen) atoms. The van der Waals surface area contributed by atoms with E-state index in [9.17, 15) is 9.90 Å². The van der Waals surface area contributed by atoms with Crippen molar-refractivity contribution in [2.24, 2.45) is 0 Å². The van der Waals surface area contributed by atoms with Gasteiger partial charge in [0.25, 0.3) is 0 Å². The number of benzene rings is 1. The van der Waals surface area contributed by atoms with Crippen LogP contribution < -0.4 is 0 Å². The van der Waals surface area contributed by atoms with Crippen molar-refractivity contribution in [1.82, 2.24) is 0 Å². The highest BCUT2D eigenvalue weighted by molar-refractivity contribution is 6.06. The van der Waals surface area contributed by atoms with Crippen molar-refractivity contribution < 1.29 is 9.90 Å². The average molecular weight is 176 g/mol. The van der Waals surface area contributed by atoms with Crippen molar-refractivity contribution in [3.8, 4) is 0 Å². The van der Waals surface area contributed by atoms with E-state index in [1.807, 2.05) is 13.0 Å². The Bertz CT molecular complexity index is 312. The second-order valence-corrected chi connectivity index (χ2v) is 2.69. The Morgan fingerprint density at radius 1 is 1.38 bits per heavy atom. The standard InChI is InChI=1S/C11H12O2/c1-2-6-10(12)11(13)9-7-4-3-5-8-9/h3-8,12H,2H2,1H3. The lowest BCUT2D eigenvalue weighted by Crippen LogP contribution is -2.02. The van der Waals surface area contributed by atoms with Crippen LogP contribution in [0.5, 0.6) is 0 Å². The first kappa shape index (κ1) is 9.52. The number of hydrogen-bond acceptors (Lipinski definition) is 2. The molecule has 0 atom stereocenters. The maximum Gasteiger partial charge on any atom is 0.226 e. The van der Waals surface area contributed by atoms with Gasteiger partial charge in [0.1, 0.15) is 0 Å². The van der Waals surface area contributed by atoms with Crippen LogP contribution >= 0.6 is 0 Å². The monoisotopic (exact) mass is 176 g/mol. The summed E-state index contributed by atoms with van der Waals surface area (Å²) >= 11 is 0. The lowest BCUT2D eigenvalue weighted by atomic mass is 10.1. The highest BCUT2D eigenvalue weighted by atomic mass is 16.3. The van der Waals surface area contributed by atoms with Crippen molar-refractivity contribution in [1.29, 1.82) is 0 Å². The van der Waals surface area contributed by atoms with Gasteiger partial charge >= 0.3 is 0 Å². The van der Waals surface area contributed by atoms with Crippen LogP contribution in [0.4, 0.5) is 0 Å². The van der Waals surface area contributed by atoms with Gasteiger partial charge in [0, 0.05) is 5.56 Å². The van der Waals surface area contributed by atoms with Crippen molar-refractivity contribution in [3.63, 3.8) is 0 Å². The van der Waals surface area contributed by atoms with Crippen LogP contribution in [-0.2, 0) is 0 Å². The van der Waals surface area contributed by atoms with Crippen LogP contribution in [0.15, 0.2) is 42.2 Å². The molecule has 0 heterocycles. The lowest BCUT2D eigenvalue weighted by Gasteiger charge is -1.98. The maximum atomic E-state index is 11.4. The van der Waals surface area contributed by atoms with Gasteiger partial charge in [-0.3, -0.25) is 4.79 Å². The largest absolute Gasteiger partial charge is 0.504 e. The topological polar surface area (TPSA) is 37.3 Å². The van der Waals surface area contributed by atoms with Crippen LogP contribution in [0.3, 0.4) is 0 Å². The molecular formula is C11H12O2. The first-order valence-electron chi connectivity index (χ1n) is 4.24. The maximum absolute atomic E-state index is 11.4. The second kappa shape index (κ2) is 4.45. The normalized spacial score (nSPS) is 11.3. The number of carbonyl (C=O) groups excluding carboxylic acids is 1. The molecule has 1 aromatic carbocycles. The highest BCUT2D eigenvalue weighted by Gasteiger charge is 2.08. The van der Waals surface area contributed by atoms with E-state index in [2.05, 4.69) is 0 Å². The summed E-state index contributed by atoms with van der Waals surface area (Å²) in [6, 6.07) is 8.74. The summed E-state index contributed by atoms with van der Waals surface area (Å²) < 4.78 is 0. The number of Topliss-reactive ketones (excluding diaryl/α,β-unsaturated/α-hetero) is 1. The lowest BCUT2D eigenvalue weighted by molar-refractivity contribution is 0.0977. The Kier molecular flexibility index (Phi) is 3.26. The molecule has 0 aliphatic rings. The summed E-state index contributed by atoms with van der Waals surface area (Å²) in [5.74, 6) is -0.490. The zero-order valence-electron chi connectivity index (χ0n) is 7.53. The van der Waals surface area contributed by atoms with Gasteiger partial charge in [-0.1, -0.05) is 37.3 Å². The number of ketones is 1. The summed E-state index contributed by atoms with van der Waals surface area (Å²) in [5, 5.41) is 9.28. The van der Waals surface area contributed by atoms with Gasteiger partial charge in [-0.15, -0.1) is 0 Å². The molecule has 0 bridgehead atoms. The van der Waals surface area contributed by atoms with Crippen molar-refractivity contribution in [2.45, 2.75) is 13.3 Å². The number of aliphatic hydroxyl groups excluding tert-OH is 1. The zero-order valence-corrected chi connectivity index (χ0v) is 7.53. The molecule has 0 radical (unpaired) electrons. The molecule has 68 valence electrons. The number of rotatable bonds is 3. The van der Waals surface area contributed by atoms with Crippen molar-refractivity contribution in [2.75, 3.05) is 0 Å². The molecular weight excluding hydrogens is 164 g/mol. The van der Waals surface area contributed by atoms with Crippen LogP contribution in [0.1, 0.15) is 23.7 Å². The SMILES string of the molecule is CCC=C(O)C(=O)c1ccccc1. The van der Waals surface area contributed by atoms with E-state index in [0.717, 1.165) is 0 Å². The molecule has 1 aromatic rings. The minimum absolute atomic E-state index is 0.172. The molecule has 1 N–H and O–H groups in total. The molecule has 1 rings (SSSR count). The third-order valence-electron chi connectivity index (χ3n) is 1.67. The fourth-order valence-electron chi connectivity index (χ4n) is 1.02. The van der Waals surface area contributed by atoms with E-state index in [4.69, 9.17) is 0 Å². The van der Waals surface area contributed by atoms with Crippen molar-refractivity contribution >= 4 is 5.78 Å². The number of hydrogen-bond donors (Lipinski definition) is 1. The zero-order chi connectivity index (χ0) is 9.68. The van der Waals surface area contributed by atoms with E-state index >= 15 is 0 Å². The Hall–Kier alpha value is -1.57. The van der Waals surface area contributed by atoms with Gasteiger partial charge in [-0.05, 0) is 12.5 Å². The van der Waals surface area contributed by atoms with E-state index in [1.54, 1.807) is 24.3 Å². The van der Waals surface area contributed by atoms with E-state index in [0.29, 0.717) is 12.0 Å². The predicted octanol–water partition coefficient (Wildman–Crippen LogP) is 2.72.